The number of benzene rings is 2. The number of rotatable bonds is 15. The zero-order valence-electron chi connectivity index (χ0n) is 25.5. The third-order valence-electron chi connectivity index (χ3n) is 6.75. The molecule has 20 nitrogen and oxygen atoms in total. The molecule has 2 aromatic carbocycles. The van der Waals surface area contributed by atoms with E-state index in [2.05, 4.69) is 0 Å². The minimum atomic E-state index is -1.30. The van der Waals surface area contributed by atoms with Gasteiger partial charge in [-0.1, -0.05) is 21.6 Å². The molecule has 2 fully saturated rings. The third-order valence-corrected chi connectivity index (χ3v) is 9.13. The highest BCUT2D eigenvalue weighted by atomic mass is 33.1. The van der Waals surface area contributed by atoms with Crippen molar-refractivity contribution in [3.63, 3.8) is 0 Å². The predicted octanol–water partition coefficient (Wildman–Crippen LogP) is 2.19. The highest BCUT2D eigenvalue weighted by Crippen LogP contribution is 2.40. The Labute approximate surface area is 288 Å². The van der Waals surface area contributed by atoms with Gasteiger partial charge in [-0.05, 0) is 24.3 Å². The van der Waals surface area contributed by atoms with E-state index in [1.807, 2.05) is 0 Å². The molecule has 2 aromatic rings. The smallest absolute Gasteiger partial charge is 0.345 e. The molecule has 0 unspecified atom stereocenters. The maximum absolute atomic E-state index is 12.7. The number of nitro benzene ring substituents is 2. The minimum Gasteiger partial charge on any atom is -0.461 e. The van der Waals surface area contributed by atoms with E-state index in [4.69, 9.17) is 19.1 Å². The summed E-state index contributed by atoms with van der Waals surface area (Å²) in [7, 11) is 1.92. The lowest BCUT2D eigenvalue weighted by Crippen LogP contribution is -2.35. The normalized spacial score (nSPS) is 17.0. The lowest BCUT2D eigenvalue weighted by molar-refractivity contribution is -0.385. The van der Waals surface area contributed by atoms with Crippen molar-refractivity contribution in [1.29, 1.82) is 0 Å². The summed E-state index contributed by atoms with van der Waals surface area (Å²) in [6.45, 7) is -1.13. The first-order valence-electron chi connectivity index (χ1n) is 14.4. The minimum absolute atomic E-state index is 0.0186. The molecular weight excluding hydrogens is 712 g/mol. The van der Waals surface area contributed by atoms with E-state index in [1.54, 1.807) is 0 Å². The molecule has 0 spiro atoms. The van der Waals surface area contributed by atoms with Gasteiger partial charge in [-0.3, -0.25) is 29.8 Å². The average molecular weight is 739 g/mol. The molecule has 0 aromatic heterocycles. The number of ether oxygens (including phenoxy) is 2. The Morgan fingerprint density at radius 3 is 1.42 bits per heavy atom. The summed E-state index contributed by atoms with van der Waals surface area (Å²) in [6, 6.07) is 7.00. The number of carbonyl (C=O) groups is 6. The quantitative estimate of drug-likeness (QED) is 0.115. The van der Waals surface area contributed by atoms with E-state index in [-0.39, 0.29) is 35.5 Å². The van der Waals surface area contributed by atoms with Gasteiger partial charge in [-0.25, -0.2) is 19.2 Å². The summed E-state index contributed by atoms with van der Waals surface area (Å²) >= 11 is 0. The molecule has 2 atom stereocenters. The fourth-order valence-corrected chi connectivity index (χ4v) is 6.28. The van der Waals surface area contributed by atoms with Gasteiger partial charge < -0.3 is 29.4 Å². The second-order valence-electron chi connectivity index (χ2n) is 10.2. The lowest BCUT2D eigenvalue weighted by Gasteiger charge is -2.18. The van der Waals surface area contributed by atoms with Crippen molar-refractivity contribution in [3.05, 3.63) is 67.8 Å². The summed E-state index contributed by atoms with van der Waals surface area (Å²) in [6.07, 6.45) is -3.53. The van der Waals surface area contributed by atoms with Crippen LogP contribution in [0.25, 0.3) is 0 Å². The van der Waals surface area contributed by atoms with Gasteiger partial charge in [0.15, 0.2) is 12.5 Å². The van der Waals surface area contributed by atoms with Crippen LogP contribution >= 0.6 is 21.6 Å². The maximum Gasteiger partial charge on any atom is 0.345 e. The Morgan fingerprint density at radius 1 is 0.720 bits per heavy atom. The first-order valence-corrected chi connectivity index (χ1v) is 16.6. The van der Waals surface area contributed by atoms with Crippen LogP contribution < -0.4 is 0 Å². The van der Waals surface area contributed by atoms with Crippen molar-refractivity contribution in [1.82, 2.24) is 10.1 Å². The highest BCUT2D eigenvalue weighted by molar-refractivity contribution is 8.76. The van der Waals surface area contributed by atoms with Gasteiger partial charge in [0, 0.05) is 47.6 Å². The van der Waals surface area contributed by atoms with Crippen LogP contribution in [0.3, 0.4) is 0 Å². The Balaban J connectivity index is 1.35. The number of nitrogens with zero attached hydrogens (tertiary/aromatic N) is 4. The summed E-state index contributed by atoms with van der Waals surface area (Å²) in [5.74, 6) is -5.50. The highest BCUT2D eigenvalue weighted by Gasteiger charge is 2.34. The van der Waals surface area contributed by atoms with Crippen LogP contribution in [0.4, 0.5) is 11.4 Å². The first kappa shape index (κ1) is 37.5. The third kappa shape index (κ3) is 9.64. The molecule has 266 valence electrons. The van der Waals surface area contributed by atoms with Crippen LogP contribution in [0.5, 0.6) is 0 Å². The van der Waals surface area contributed by atoms with E-state index >= 15 is 0 Å². The largest absolute Gasteiger partial charge is 0.461 e. The second-order valence-corrected chi connectivity index (χ2v) is 12.5. The van der Waals surface area contributed by atoms with Crippen molar-refractivity contribution in [2.24, 2.45) is 0 Å². The molecule has 0 bridgehead atoms. The molecule has 0 radical (unpaired) electrons. The summed E-state index contributed by atoms with van der Waals surface area (Å²) < 4.78 is 9.99. The summed E-state index contributed by atoms with van der Waals surface area (Å²) in [5, 5.41) is 43.5. The molecule has 4 rings (SSSR count). The number of hydroxylamine groups is 4. The van der Waals surface area contributed by atoms with E-state index in [1.165, 1.54) is 12.1 Å². The van der Waals surface area contributed by atoms with Gasteiger partial charge in [-0.2, -0.15) is 0 Å². The molecule has 50 heavy (non-hydrogen) atoms. The molecule has 2 saturated heterocycles. The second kappa shape index (κ2) is 16.9. The fourth-order valence-electron chi connectivity index (χ4n) is 4.31. The maximum atomic E-state index is 12.7. The monoisotopic (exact) mass is 738 g/mol. The van der Waals surface area contributed by atoms with Crippen molar-refractivity contribution < 1.29 is 68.0 Å². The van der Waals surface area contributed by atoms with E-state index < -0.39 is 107 Å². The number of aliphatic hydroxyl groups excluding tert-OH is 2. The van der Waals surface area contributed by atoms with Gasteiger partial charge >= 0.3 is 23.9 Å². The summed E-state index contributed by atoms with van der Waals surface area (Å²) in [4.78, 5) is 104. The van der Waals surface area contributed by atoms with Gasteiger partial charge in [0.1, 0.15) is 24.3 Å². The van der Waals surface area contributed by atoms with Crippen LogP contribution in [0, 0.1) is 20.2 Å². The van der Waals surface area contributed by atoms with Crippen molar-refractivity contribution in [2.75, 3.05) is 13.2 Å². The summed E-state index contributed by atoms with van der Waals surface area (Å²) in [5.41, 5.74) is -2.14. The Bertz CT molecular complexity index is 1600. The molecule has 0 aliphatic carbocycles. The Morgan fingerprint density at radius 2 is 1.10 bits per heavy atom. The van der Waals surface area contributed by atoms with Crippen molar-refractivity contribution in [2.45, 2.75) is 60.8 Å². The van der Waals surface area contributed by atoms with Crippen LogP contribution in [-0.4, -0.2) is 91.5 Å². The van der Waals surface area contributed by atoms with Crippen LogP contribution in [-0.2, 0) is 38.3 Å². The molecule has 2 aliphatic rings. The van der Waals surface area contributed by atoms with Crippen molar-refractivity contribution in [3.8, 4) is 0 Å². The molecule has 2 N–H and O–H groups in total. The van der Waals surface area contributed by atoms with E-state index in [0.717, 1.165) is 45.9 Å². The van der Waals surface area contributed by atoms with Crippen molar-refractivity contribution >= 4 is 68.7 Å². The standard InChI is InChI=1S/C28H26N4O16S2/c33-21-5-6-22(34)29(21)47-25(37)9-11-45-27(39)17-13-15(1-3-19(17)31(41)42)49-50-16-2-4-20(32(43)44)18(14-16)28(40)46-12-10-26(38)48-30-23(35)7-8-24(30)36/h1-4,13-14,21,23,33,35H,5-12H2/t21-,23+. The van der Waals surface area contributed by atoms with Crippen LogP contribution in [0.1, 0.15) is 59.2 Å². The van der Waals surface area contributed by atoms with E-state index in [9.17, 15) is 59.2 Å². The average Bonchev–Trinajstić information content (AvgIpc) is 3.57. The van der Waals surface area contributed by atoms with Gasteiger partial charge in [0.25, 0.3) is 23.2 Å². The SMILES string of the molecule is O=C(CCOC(=O)c1cc(SSc2ccc([N+](=O)[O-])c(C(=O)OCCC(=O)ON3C(=O)CC[C@@H]3O)c2)ccc1[N+](=O)[O-])ON1C(=O)CC[C@H]1O. The lowest BCUT2D eigenvalue weighted by atomic mass is 10.2. The number of hydrogen-bond donors (Lipinski definition) is 2. The number of esters is 2. The molecule has 2 amide bonds. The fraction of sp³-hybridized carbons (Fsp3) is 0.357. The topological polar surface area (TPSA) is 273 Å². The Kier molecular flexibility index (Phi) is 12.7. The van der Waals surface area contributed by atoms with Crippen LogP contribution in [0.2, 0.25) is 0 Å². The van der Waals surface area contributed by atoms with Gasteiger partial charge in [0.05, 0.1) is 22.7 Å². The zero-order valence-corrected chi connectivity index (χ0v) is 27.1. The zero-order chi connectivity index (χ0) is 36.5. The molecule has 2 heterocycles. The first-order chi connectivity index (χ1) is 23.7. The van der Waals surface area contributed by atoms with E-state index in [0.29, 0.717) is 10.1 Å². The Hall–Kier alpha value is -5.32. The van der Waals surface area contributed by atoms with Gasteiger partial charge in [0.2, 0.25) is 0 Å². The number of hydrogen-bond acceptors (Lipinski definition) is 18. The van der Waals surface area contributed by atoms with Gasteiger partial charge in [-0.15, -0.1) is 10.1 Å². The molecule has 22 heteroatoms. The number of amides is 2. The van der Waals surface area contributed by atoms with Crippen LogP contribution in [0.15, 0.2) is 46.2 Å². The predicted molar refractivity (Wildman–Crippen MR) is 164 cm³/mol. The molecule has 2 aliphatic heterocycles. The number of carbonyl (C=O) groups excluding carboxylic acids is 6. The number of nitro groups is 2. The number of aliphatic hydroxyl groups is 2. The molecule has 0 saturated carbocycles. The molecular formula is C28H26N4O16S2.